The van der Waals surface area contributed by atoms with Crippen LogP contribution in [0.3, 0.4) is 0 Å². The SMILES string of the molecule is Cc1ccc(C(=O)Cc2ccsc2)cc1N. The summed E-state index contributed by atoms with van der Waals surface area (Å²) >= 11 is 1.61. The van der Waals surface area contributed by atoms with Crippen LogP contribution in [0.4, 0.5) is 5.69 Å². The van der Waals surface area contributed by atoms with Gasteiger partial charge in [0, 0.05) is 17.7 Å². The van der Waals surface area contributed by atoms with Gasteiger partial charge in [0.25, 0.3) is 0 Å². The van der Waals surface area contributed by atoms with E-state index in [9.17, 15) is 4.79 Å². The number of nitrogens with two attached hydrogens (primary N) is 1. The highest BCUT2D eigenvalue weighted by Crippen LogP contribution is 2.16. The largest absolute Gasteiger partial charge is 0.398 e. The number of hydrogen-bond acceptors (Lipinski definition) is 3. The lowest BCUT2D eigenvalue weighted by molar-refractivity contribution is 0.0993. The van der Waals surface area contributed by atoms with Crippen LogP contribution >= 0.6 is 11.3 Å². The van der Waals surface area contributed by atoms with Gasteiger partial charge >= 0.3 is 0 Å². The number of anilines is 1. The summed E-state index contributed by atoms with van der Waals surface area (Å²) in [6, 6.07) is 7.45. The molecule has 2 aromatic rings. The van der Waals surface area contributed by atoms with Crippen molar-refractivity contribution in [2.75, 3.05) is 5.73 Å². The molecule has 1 aromatic carbocycles. The fourth-order valence-electron chi connectivity index (χ4n) is 1.49. The van der Waals surface area contributed by atoms with E-state index in [1.54, 1.807) is 17.4 Å². The topological polar surface area (TPSA) is 43.1 Å². The van der Waals surface area contributed by atoms with Gasteiger partial charge in [0.2, 0.25) is 0 Å². The molecule has 0 saturated carbocycles. The number of aryl methyl sites for hydroxylation is 1. The van der Waals surface area contributed by atoms with Crippen LogP contribution in [0.5, 0.6) is 0 Å². The van der Waals surface area contributed by atoms with Crippen molar-refractivity contribution in [3.05, 3.63) is 51.7 Å². The molecule has 0 radical (unpaired) electrons. The molecule has 0 amide bonds. The van der Waals surface area contributed by atoms with Crippen molar-refractivity contribution < 1.29 is 4.79 Å². The summed E-state index contributed by atoms with van der Waals surface area (Å²) in [4.78, 5) is 11.9. The molecule has 0 bridgehead atoms. The molecule has 1 heterocycles. The van der Waals surface area contributed by atoms with Gasteiger partial charge in [-0.3, -0.25) is 4.79 Å². The van der Waals surface area contributed by atoms with Crippen LogP contribution in [-0.4, -0.2) is 5.78 Å². The van der Waals surface area contributed by atoms with Crippen molar-refractivity contribution >= 4 is 22.8 Å². The van der Waals surface area contributed by atoms with E-state index in [0.717, 1.165) is 11.1 Å². The Morgan fingerprint density at radius 3 is 2.81 bits per heavy atom. The van der Waals surface area contributed by atoms with Gasteiger partial charge in [0.1, 0.15) is 0 Å². The van der Waals surface area contributed by atoms with Crippen LogP contribution in [0.1, 0.15) is 21.5 Å². The van der Waals surface area contributed by atoms with Gasteiger partial charge in [0.05, 0.1) is 0 Å². The van der Waals surface area contributed by atoms with E-state index in [0.29, 0.717) is 17.7 Å². The maximum Gasteiger partial charge on any atom is 0.167 e. The monoisotopic (exact) mass is 231 g/mol. The Labute approximate surface area is 98.7 Å². The molecule has 0 aliphatic rings. The average Bonchev–Trinajstić information content (AvgIpc) is 2.74. The molecule has 0 aliphatic heterocycles. The van der Waals surface area contributed by atoms with Crippen LogP contribution in [0.25, 0.3) is 0 Å². The standard InChI is InChI=1S/C13H13NOS/c1-9-2-3-11(7-12(9)14)13(15)6-10-4-5-16-8-10/h2-5,7-8H,6,14H2,1H3. The van der Waals surface area contributed by atoms with Gasteiger partial charge in [0.15, 0.2) is 5.78 Å². The molecule has 82 valence electrons. The van der Waals surface area contributed by atoms with Crippen LogP contribution in [0.2, 0.25) is 0 Å². The lowest BCUT2D eigenvalue weighted by Crippen LogP contribution is -2.04. The van der Waals surface area contributed by atoms with Gasteiger partial charge in [-0.15, -0.1) is 0 Å². The molecule has 0 saturated heterocycles. The average molecular weight is 231 g/mol. The minimum atomic E-state index is 0.116. The number of rotatable bonds is 3. The van der Waals surface area contributed by atoms with Crippen LogP contribution < -0.4 is 5.73 Å². The summed E-state index contributed by atoms with van der Waals surface area (Å²) in [5.41, 5.74) is 9.22. The zero-order chi connectivity index (χ0) is 11.5. The van der Waals surface area contributed by atoms with Crippen molar-refractivity contribution in [1.29, 1.82) is 0 Å². The van der Waals surface area contributed by atoms with Crippen molar-refractivity contribution in [2.45, 2.75) is 13.3 Å². The van der Waals surface area contributed by atoms with Crippen molar-refractivity contribution in [1.82, 2.24) is 0 Å². The van der Waals surface area contributed by atoms with Crippen LogP contribution in [-0.2, 0) is 6.42 Å². The molecule has 16 heavy (non-hydrogen) atoms. The summed E-state index contributed by atoms with van der Waals surface area (Å²) < 4.78 is 0. The van der Waals surface area contributed by atoms with Crippen LogP contribution in [0, 0.1) is 6.92 Å². The molecule has 0 atom stereocenters. The second-order valence-corrected chi connectivity index (χ2v) is 4.58. The number of ketones is 1. The van der Waals surface area contributed by atoms with E-state index in [1.165, 1.54) is 0 Å². The quantitative estimate of drug-likeness (QED) is 0.651. The number of Topliss-reactive ketones (excluding diaryl/α,β-unsaturated/α-hetero) is 1. The lowest BCUT2D eigenvalue weighted by Gasteiger charge is -2.03. The Morgan fingerprint density at radius 2 is 2.19 bits per heavy atom. The Morgan fingerprint density at radius 1 is 1.38 bits per heavy atom. The number of thiophene rings is 1. The fourth-order valence-corrected chi connectivity index (χ4v) is 2.16. The van der Waals surface area contributed by atoms with E-state index in [2.05, 4.69) is 0 Å². The first kappa shape index (κ1) is 10.9. The predicted octanol–water partition coefficient (Wildman–Crippen LogP) is 3.06. The van der Waals surface area contributed by atoms with Gasteiger partial charge in [-0.25, -0.2) is 0 Å². The smallest absolute Gasteiger partial charge is 0.167 e. The number of carbonyl (C=O) groups excluding carboxylic acids is 1. The lowest BCUT2D eigenvalue weighted by atomic mass is 10.0. The minimum absolute atomic E-state index is 0.116. The summed E-state index contributed by atoms with van der Waals surface area (Å²) in [7, 11) is 0. The third-order valence-corrected chi connectivity index (χ3v) is 3.28. The summed E-state index contributed by atoms with van der Waals surface area (Å²) in [6.45, 7) is 1.93. The van der Waals surface area contributed by atoms with Gasteiger partial charge in [-0.2, -0.15) is 11.3 Å². The number of nitrogen functional groups attached to an aromatic ring is 1. The zero-order valence-electron chi connectivity index (χ0n) is 9.07. The van der Waals surface area contributed by atoms with E-state index in [1.807, 2.05) is 35.9 Å². The third kappa shape index (κ3) is 2.31. The zero-order valence-corrected chi connectivity index (χ0v) is 9.88. The molecule has 2 rings (SSSR count). The Balaban J connectivity index is 2.18. The van der Waals surface area contributed by atoms with E-state index >= 15 is 0 Å². The molecule has 2 nitrogen and oxygen atoms in total. The molecule has 2 N–H and O–H groups in total. The summed E-state index contributed by atoms with van der Waals surface area (Å²) in [5.74, 6) is 0.116. The fraction of sp³-hybridized carbons (Fsp3) is 0.154. The highest BCUT2D eigenvalue weighted by Gasteiger charge is 2.08. The third-order valence-electron chi connectivity index (χ3n) is 2.55. The molecular weight excluding hydrogens is 218 g/mol. The first-order valence-corrected chi connectivity index (χ1v) is 6.01. The summed E-state index contributed by atoms with van der Waals surface area (Å²) in [5, 5.41) is 3.97. The van der Waals surface area contributed by atoms with Gasteiger partial charge < -0.3 is 5.73 Å². The minimum Gasteiger partial charge on any atom is -0.398 e. The van der Waals surface area contributed by atoms with Gasteiger partial charge in [-0.05, 0) is 40.9 Å². The molecule has 0 aliphatic carbocycles. The van der Waals surface area contributed by atoms with E-state index in [-0.39, 0.29) is 5.78 Å². The second kappa shape index (κ2) is 4.49. The highest BCUT2D eigenvalue weighted by atomic mass is 32.1. The first-order valence-electron chi connectivity index (χ1n) is 5.07. The van der Waals surface area contributed by atoms with Crippen molar-refractivity contribution in [2.24, 2.45) is 0 Å². The molecular formula is C13H13NOS. The molecule has 1 aromatic heterocycles. The molecule has 0 fully saturated rings. The maximum atomic E-state index is 11.9. The number of benzene rings is 1. The van der Waals surface area contributed by atoms with Gasteiger partial charge in [-0.1, -0.05) is 12.1 Å². The highest BCUT2D eigenvalue weighted by molar-refractivity contribution is 7.08. The first-order chi connectivity index (χ1) is 7.66. The van der Waals surface area contributed by atoms with E-state index < -0.39 is 0 Å². The second-order valence-electron chi connectivity index (χ2n) is 3.80. The summed E-state index contributed by atoms with van der Waals surface area (Å²) in [6.07, 6.45) is 0.450. The number of carbonyl (C=O) groups is 1. The normalized spacial score (nSPS) is 10.3. The van der Waals surface area contributed by atoms with Crippen molar-refractivity contribution in [3.8, 4) is 0 Å². The van der Waals surface area contributed by atoms with E-state index in [4.69, 9.17) is 5.73 Å². The Hall–Kier alpha value is -1.61. The molecule has 3 heteroatoms. The molecule has 0 unspecified atom stereocenters. The predicted molar refractivity (Wildman–Crippen MR) is 67.9 cm³/mol. The van der Waals surface area contributed by atoms with Crippen molar-refractivity contribution in [3.63, 3.8) is 0 Å². The Kier molecular flexibility index (Phi) is 3.06. The molecule has 0 spiro atoms. The van der Waals surface area contributed by atoms with Crippen LogP contribution in [0.15, 0.2) is 35.0 Å². The number of hydrogen-bond donors (Lipinski definition) is 1. The maximum absolute atomic E-state index is 11.9. The Bertz CT molecular complexity index is 503.